The Bertz CT molecular complexity index is 773. The van der Waals surface area contributed by atoms with Crippen LogP contribution in [0.25, 0.3) is 0 Å². The first-order valence-electron chi connectivity index (χ1n) is 8.06. The van der Waals surface area contributed by atoms with Crippen molar-refractivity contribution in [2.75, 3.05) is 13.6 Å². The first-order chi connectivity index (χ1) is 13.6. The smallest absolute Gasteiger partial charge is 0.333 e. The number of ether oxygens (including phenoxy) is 4. The van der Waals surface area contributed by atoms with E-state index in [1.807, 2.05) is 0 Å². The van der Waals surface area contributed by atoms with Crippen LogP contribution in [0.5, 0.6) is 11.5 Å². The zero-order chi connectivity index (χ0) is 20.2. The van der Waals surface area contributed by atoms with Crippen LogP contribution in [-0.4, -0.2) is 25.5 Å². The predicted molar refractivity (Wildman–Crippen MR) is 101 cm³/mol. The van der Waals surface area contributed by atoms with E-state index in [-0.39, 0.29) is 13.6 Å². The average Bonchev–Trinajstić information content (AvgIpc) is 2.73. The third-order valence-corrected chi connectivity index (χ3v) is 3.14. The Morgan fingerprint density at radius 2 is 1.07 bits per heavy atom. The number of benzene rings is 2. The van der Waals surface area contributed by atoms with Crippen LogP contribution in [0, 0.1) is 0 Å². The predicted octanol–water partition coefficient (Wildman–Crippen LogP) is 4.23. The molecule has 8 heteroatoms. The van der Waals surface area contributed by atoms with Gasteiger partial charge in [0.25, 0.3) is 0 Å². The minimum Gasteiger partial charge on any atom is -0.457 e. The van der Waals surface area contributed by atoms with Crippen LogP contribution >= 0.6 is 0 Å². The highest BCUT2D eigenvalue weighted by Crippen LogP contribution is 2.23. The molecule has 8 nitrogen and oxygen atoms in total. The van der Waals surface area contributed by atoms with Gasteiger partial charge in [0.15, 0.2) is 0 Å². The Hall–Kier alpha value is -3.94. The molecule has 0 aromatic heterocycles. The monoisotopic (exact) mass is 382 g/mol. The van der Waals surface area contributed by atoms with Gasteiger partial charge in [-0.05, 0) is 48.5 Å². The molecule has 0 heterocycles. The van der Waals surface area contributed by atoms with Crippen molar-refractivity contribution in [2.24, 2.45) is 10.2 Å². The molecule has 0 aliphatic carbocycles. The largest absolute Gasteiger partial charge is 0.457 e. The number of azo groups is 1. The number of hydrogen-bond donors (Lipinski definition) is 0. The van der Waals surface area contributed by atoms with E-state index < -0.39 is 11.9 Å². The second-order valence-corrected chi connectivity index (χ2v) is 5.05. The van der Waals surface area contributed by atoms with E-state index in [1.165, 1.54) is 0 Å². The molecule has 0 saturated carbocycles. The van der Waals surface area contributed by atoms with Crippen molar-refractivity contribution >= 4 is 23.3 Å². The molecule has 0 amide bonds. The van der Waals surface area contributed by atoms with Gasteiger partial charge in [-0.3, -0.25) is 0 Å². The first-order valence-corrected chi connectivity index (χ1v) is 8.06. The lowest BCUT2D eigenvalue weighted by Crippen LogP contribution is -2.07. The van der Waals surface area contributed by atoms with Crippen LogP contribution in [-0.2, 0) is 19.1 Å². The summed E-state index contributed by atoms with van der Waals surface area (Å²) in [4.78, 5) is 21.8. The minimum atomic E-state index is -0.556. The van der Waals surface area contributed by atoms with E-state index in [4.69, 9.17) is 18.9 Å². The molecule has 2 rings (SSSR count). The third-order valence-electron chi connectivity index (χ3n) is 3.14. The summed E-state index contributed by atoms with van der Waals surface area (Å²) in [6.45, 7) is 6.18. The molecule has 0 unspecified atom stereocenters. The van der Waals surface area contributed by atoms with Gasteiger partial charge in [-0.1, -0.05) is 13.2 Å². The summed E-state index contributed by atoms with van der Waals surface area (Å²) in [5.74, 6) is -0.0665. The van der Waals surface area contributed by atoms with Crippen LogP contribution in [0.1, 0.15) is 0 Å². The summed E-state index contributed by atoms with van der Waals surface area (Å²) in [5.41, 5.74) is 1.24. The van der Waals surface area contributed by atoms with E-state index in [2.05, 4.69) is 23.4 Å². The molecule has 0 saturated heterocycles. The van der Waals surface area contributed by atoms with Gasteiger partial charge >= 0.3 is 11.9 Å². The minimum absolute atomic E-state index is 0.201. The summed E-state index contributed by atoms with van der Waals surface area (Å²) in [7, 11) is 0. The molecule has 144 valence electrons. The van der Waals surface area contributed by atoms with Crippen molar-refractivity contribution in [1.29, 1.82) is 0 Å². The van der Waals surface area contributed by atoms with Crippen molar-refractivity contribution in [3.8, 4) is 11.5 Å². The fraction of sp³-hybridized carbons (Fsp3) is 0.100. The van der Waals surface area contributed by atoms with E-state index in [0.29, 0.717) is 22.9 Å². The van der Waals surface area contributed by atoms with Gasteiger partial charge in [0, 0.05) is 12.2 Å². The number of nitrogens with zero attached hydrogens (tertiary/aromatic N) is 2. The maximum atomic E-state index is 10.9. The Kier molecular flexibility index (Phi) is 7.94. The first kappa shape index (κ1) is 20.4. The summed E-state index contributed by atoms with van der Waals surface area (Å²) in [5, 5.41) is 8.23. The molecule has 0 fully saturated rings. The van der Waals surface area contributed by atoms with Gasteiger partial charge in [-0.25, -0.2) is 9.59 Å². The molecule has 0 radical (unpaired) electrons. The van der Waals surface area contributed by atoms with Crippen LogP contribution in [0.3, 0.4) is 0 Å². The zero-order valence-electron chi connectivity index (χ0n) is 14.9. The Balaban J connectivity index is 1.82. The van der Waals surface area contributed by atoms with Crippen LogP contribution < -0.4 is 9.47 Å². The third kappa shape index (κ3) is 7.12. The molecule has 2 aromatic carbocycles. The van der Waals surface area contributed by atoms with Crippen molar-refractivity contribution in [3.63, 3.8) is 0 Å². The van der Waals surface area contributed by atoms with Gasteiger partial charge < -0.3 is 18.9 Å². The van der Waals surface area contributed by atoms with E-state index >= 15 is 0 Å². The molecular formula is C20H18N2O6. The van der Waals surface area contributed by atoms with Crippen molar-refractivity contribution < 1.29 is 28.5 Å². The number of carbonyl (C=O) groups excluding carboxylic acids is 2. The van der Waals surface area contributed by atoms with Crippen LogP contribution in [0.15, 0.2) is 84.1 Å². The lowest BCUT2D eigenvalue weighted by Gasteiger charge is -2.06. The summed E-state index contributed by atoms with van der Waals surface area (Å²) in [6, 6.07) is 13.5. The molecule has 0 atom stereocenters. The maximum Gasteiger partial charge on any atom is 0.333 e. The van der Waals surface area contributed by atoms with Crippen molar-refractivity contribution in [1.82, 2.24) is 0 Å². The number of hydrogen-bond acceptors (Lipinski definition) is 8. The summed E-state index contributed by atoms with van der Waals surface area (Å²) >= 11 is 0. The highest BCUT2D eigenvalue weighted by molar-refractivity contribution is 5.81. The summed E-state index contributed by atoms with van der Waals surface area (Å²) < 4.78 is 19.9. The van der Waals surface area contributed by atoms with Crippen LogP contribution in [0.4, 0.5) is 11.4 Å². The standard InChI is InChI=1S/C20H18N2O6/c1-3-19(23)27-13-25-17-9-5-15(6-10-17)21-22-16-7-11-18(12-8-16)26-14-28-20(24)4-2/h3-12H,1-2,13-14H2. The highest BCUT2D eigenvalue weighted by atomic mass is 16.7. The molecule has 0 spiro atoms. The molecule has 0 N–H and O–H groups in total. The second kappa shape index (κ2) is 10.9. The highest BCUT2D eigenvalue weighted by Gasteiger charge is 1.99. The molecule has 0 aliphatic rings. The van der Waals surface area contributed by atoms with E-state index in [9.17, 15) is 9.59 Å². The normalized spacial score (nSPS) is 10.1. The second-order valence-electron chi connectivity index (χ2n) is 5.05. The number of carbonyl (C=O) groups is 2. The molecule has 2 aromatic rings. The van der Waals surface area contributed by atoms with Crippen molar-refractivity contribution in [3.05, 3.63) is 73.8 Å². The SMILES string of the molecule is C=CC(=O)OCOc1ccc(N=Nc2ccc(OCOC(=O)C=C)cc2)cc1. The van der Waals surface area contributed by atoms with Gasteiger partial charge in [0.1, 0.15) is 11.5 Å². The summed E-state index contributed by atoms with van der Waals surface area (Å²) in [6.07, 6.45) is 2.12. The molecule has 0 aliphatic heterocycles. The zero-order valence-corrected chi connectivity index (χ0v) is 14.9. The van der Waals surface area contributed by atoms with E-state index in [0.717, 1.165) is 12.2 Å². The topological polar surface area (TPSA) is 95.8 Å². The average molecular weight is 382 g/mol. The van der Waals surface area contributed by atoms with E-state index in [1.54, 1.807) is 48.5 Å². The Morgan fingerprint density at radius 3 is 1.39 bits per heavy atom. The number of esters is 2. The quantitative estimate of drug-likeness (QED) is 0.264. The molecular weight excluding hydrogens is 364 g/mol. The number of rotatable bonds is 10. The maximum absolute atomic E-state index is 10.9. The fourth-order valence-corrected chi connectivity index (χ4v) is 1.76. The molecule has 0 bridgehead atoms. The van der Waals surface area contributed by atoms with Gasteiger partial charge in [-0.2, -0.15) is 10.2 Å². The Morgan fingerprint density at radius 1 is 0.714 bits per heavy atom. The van der Waals surface area contributed by atoms with Crippen molar-refractivity contribution in [2.45, 2.75) is 0 Å². The Labute approximate surface area is 161 Å². The lowest BCUT2D eigenvalue weighted by molar-refractivity contribution is -0.145. The molecule has 28 heavy (non-hydrogen) atoms. The van der Waals surface area contributed by atoms with Gasteiger partial charge in [0.2, 0.25) is 13.6 Å². The van der Waals surface area contributed by atoms with Gasteiger partial charge in [-0.15, -0.1) is 0 Å². The fourth-order valence-electron chi connectivity index (χ4n) is 1.76. The lowest BCUT2D eigenvalue weighted by atomic mass is 10.3. The van der Waals surface area contributed by atoms with Gasteiger partial charge in [0.05, 0.1) is 11.4 Å². The van der Waals surface area contributed by atoms with Crippen LogP contribution in [0.2, 0.25) is 0 Å².